The molecule has 0 unspecified atom stereocenters. The number of hydrogen-bond donors (Lipinski definition) is 2. The van der Waals surface area contributed by atoms with Crippen LogP contribution in [0.5, 0.6) is 0 Å². The summed E-state index contributed by atoms with van der Waals surface area (Å²) in [5.74, 6) is -0.560. The zero-order chi connectivity index (χ0) is 20.1. The lowest BCUT2D eigenvalue weighted by Crippen LogP contribution is -2.27. The maximum Gasteiger partial charge on any atom is 0.276 e. The first-order chi connectivity index (χ1) is 13.5. The number of fused-ring (bicyclic) bond motifs is 1. The molecule has 0 radical (unpaired) electrons. The van der Waals surface area contributed by atoms with Gasteiger partial charge in [0.05, 0.1) is 5.39 Å². The Morgan fingerprint density at radius 2 is 1.57 bits per heavy atom. The van der Waals surface area contributed by atoms with Gasteiger partial charge in [-0.3, -0.25) is 14.4 Å². The Bertz CT molecular complexity index is 1070. The van der Waals surface area contributed by atoms with E-state index in [9.17, 15) is 14.4 Å². The molecule has 7 nitrogen and oxygen atoms in total. The van der Waals surface area contributed by atoms with Gasteiger partial charge in [0.15, 0.2) is 5.69 Å². The van der Waals surface area contributed by atoms with Crippen molar-refractivity contribution in [2.45, 2.75) is 33.2 Å². The van der Waals surface area contributed by atoms with Crippen molar-refractivity contribution in [2.24, 2.45) is 0 Å². The third-order valence-electron chi connectivity index (χ3n) is 4.27. The van der Waals surface area contributed by atoms with Crippen molar-refractivity contribution in [3.8, 4) is 0 Å². The fourth-order valence-electron chi connectivity index (χ4n) is 2.89. The van der Waals surface area contributed by atoms with Gasteiger partial charge in [0.2, 0.25) is 5.91 Å². The van der Waals surface area contributed by atoms with Crippen LogP contribution in [0, 0.1) is 0 Å². The normalized spacial score (nSPS) is 10.6. The smallest absolute Gasteiger partial charge is 0.276 e. The summed E-state index contributed by atoms with van der Waals surface area (Å²) in [7, 11) is 0. The Hall–Kier alpha value is -3.48. The molecule has 3 aromatic rings. The van der Waals surface area contributed by atoms with E-state index in [1.165, 1.54) is 11.6 Å². The topological polar surface area (TPSA) is 93.1 Å². The zero-order valence-corrected chi connectivity index (χ0v) is 15.9. The molecule has 0 saturated heterocycles. The average Bonchev–Trinajstić information content (AvgIpc) is 2.68. The van der Waals surface area contributed by atoms with Crippen molar-refractivity contribution in [3.05, 3.63) is 64.6 Å². The summed E-state index contributed by atoms with van der Waals surface area (Å²) >= 11 is 0. The molecule has 0 spiro atoms. The van der Waals surface area contributed by atoms with Crippen LogP contribution in [0.2, 0.25) is 0 Å². The van der Waals surface area contributed by atoms with E-state index in [1.807, 2.05) is 6.92 Å². The first kappa shape index (κ1) is 19.3. The van der Waals surface area contributed by atoms with E-state index in [0.717, 1.165) is 12.8 Å². The second-order valence-electron chi connectivity index (χ2n) is 6.49. The molecule has 2 aromatic carbocycles. The van der Waals surface area contributed by atoms with Crippen molar-refractivity contribution >= 4 is 34.0 Å². The Kier molecular flexibility index (Phi) is 5.84. The van der Waals surface area contributed by atoms with Crippen LogP contribution in [0.3, 0.4) is 0 Å². The Morgan fingerprint density at radius 1 is 0.964 bits per heavy atom. The second-order valence-corrected chi connectivity index (χ2v) is 6.49. The molecule has 1 aromatic heterocycles. The summed E-state index contributed by atoms with van der Waals surface area (Å²) in [5.41, 5.74) is 1.22. The molecular formula is C21H22N4O3. The number of hydrogen-bond acceptors (Lipinski definition) is 4. The van der Waals surface area contributed by atoms with Gasteiger partial charge in [-0.15, -0.1) is 0 Å². The van der Waals surface area contributed by atoms with Gasteiger partial charge in [-0.2, -0.15) is 5.10 Å². The highest BCUT2D eigenvalue weighted by Gasteiger charge is 2.16. The number of benzene rings is 2. The second kappa shape index (κ2) is 8.47. The van der Waals surface area contributed by atoms with E-state index in [0.29, 0.717) is 28.7 Å². The quantitative estimate of drug-likeness (QED) is 0.687. The maximum absolute atomic E-state index is 12.9. The molecule has 0 aliphatic rings. The summed E-state index contributed by atoms with van der Waals surface area (Å²) in [6.07, 6.45) is 1.72. The molecule has 7 heteroatoms. The van der Waals surface area contributed by atoms with Crippen molar-refractivity contribution in [2.75, 3.05) is 10.6 Å². The predicted molar refractivity (Wildman–Crippen MR) is 110 cm³/mol. The minimum atomic E-state index is -0.395. The standard InChI is InChI=1S/C21H22N4O3/c1-3-4-13-25-21(28)18-8-6-5-7-17(18)19(24-25)20(27)23-16-11-9-15(10-12-16)22-14(2)26/h5-12H,3-4,13H2,1-2H3,(H,22,26)(H,23,27). The number of carbonyl (C=O) groups excluding carboxylic acids is 2. The third kappa shape index (κ3) is 4.25. The van der Waals surface area contributed by atoms with Crippen molar-refractivity contribution in [1.29, 1.82) is 0 Å². The van der Waals surface area contributed by atoms with Crippen LogP contribution in [-0.4, -0.2) is 21.6 Å². The van der Waals surface area contributed by atoms with Gasteiger partial charge in [-0.05, 0) is 36.8 Å². The molecular weight excluding hydrogens is 356 g/mol. The van der Waals surface area contributed by atoms with Crippen molar-refractivity contribution in [1.82, 2.24) is 9.78 Å². The van der Waals surface area contributed by atoms with E-state index < -0.39 is 5.91 Å². The van der Waals surface area contributed by atoms with Crippen LogP contribution in [0.15, 0.2) is 53.3 Å². The van der Waals surface area contributed by atoms with Crippen LogP contribution >= 0.6 is 0 Å². The first-order valence-corrected chi connectivity index (χ1v) is 9.18. The predicted octanol–water partition coefficient (Wildman–Crippen LogP) is 3.41. The molecule has 144 valence electrons. The molecule has 1 heterocycles. The number of rotatable bonds is 6. The van der Waals surface area contributed by atoms with E-state index in [4.69, 9.17) is 0 Å². The molecule has 0 atom stereocenters. The van der Waals surface area contributed by atoms with Crippen LogP contribution in [-0.2, 0) is 11.3 Å². The molecule has 0 fully saturated rings. The highest BCUT2D eigenvalue weighted by Crippen LogP contribution is 2.17. The molecule has 2 N–H and O–H groups in total. The van der Waals surface area contributed by atoms with Crippen LogP contribution < -0.4 is 16.2 Å². The number of aromatic nitrogens is 2. The van der Waals surface area contributed by atoms with Gasteiger partial charge in [0.25, 0.3) is 11.5 Å². The monoisotopic (exact) mass is 378 g/mol. The van der Waals surface area contributed by atoms with Gasteiger partial charge in [0.1, 0.15) is 0 Å². The summed E-state index contributed by atoms with van der Waals surface area (Å²) in [6, 6.07) is 13.8. The number of carbonyl (C=O) groups is 2. The highest BCUT2D eigenvalue weighted by molar-refractivity contribution is 6.11. The Morgan fingerprint density at radius 3 is 2.18 bits per heavy atom. The molecule has 2 amide bonds. The van der Waals surface area contributed by atoms with Gasteiger partial charge >= 0.3 is 0 Å². The van der Waals surface area contributed by atoms with Crippen LogP contribution in [0.1, 0.15) is 37.2 Å². The molecule has 28 heavy (non-hydrogen) atoms. The minimum Gasteiger partial charge on any atom is -0.326 e. The molecule has 0 aliphatic heterocycles. The zero-order valence-electron chi connectivity index (χ0n) is 15.9. The SMILES string of the molecule is CCCCn1nc(C(=O)Nc2ccc(NC(C)=O)cc2)c2ccccc2c1=O. The molecule has 0 aliphatic carbocycles. The lowest BCUT2D eigenvalue weighted by atomic mass is 10.1. The van der Waals surface area contributed by atoms with Gasteiger partial charge in [-0.25, -0.2) is 4.68 Å². The number of anilines is 2. The summed E-state index contributed by atoms with van der Waals surface area (Å²) < 4.78 is 1.36. The number of aryl methyl sites for hydroxylation is 1. The number of nitrogens with zero attached hydrogens (tertiary/aromatic N) is 2. The summed E-state index contributed by atoms with van der Waals surface area (Å²) in [4.78, 5) is 36.6. The van der Waals surface area contributed by atoms with Gasteiger partial charge in [-0.1, -0.05) is 31.5 Å². The molecule has 0 bridgehead atoms. The summed E-state index contributed by atoms with van der Waals surface area (Å²) in [5, 5.41) is 10.8. The summed E-state index contributed by atoms with van der Waals surface area (Å²) in [6.45, 7) is 3.93. The highest BCUT2D eigenvalue weighted by atomic mass is 16.2. The molecule has 3 rings (SSSR count). The fraction of sp³-hybridized carbons (Fsp3) is 0.238. The number of amides is 2. The molecule has 0 saturated carbocycles. The van der Waals surface area contributed by atoms with E-state index in [2.05, 4.69) is 15.7 Å². The largest absolute Gasteiger partial charge is 0.326 e. The van der Waals surface area contributed by atoms with Crippen LogP contribution in [0.25, 0.3) is 10.8 Å². The fourth-order valence-corrected chi connectivity index (χ4v) is 2.89. The first-order valence-electron chi connectivity index (χ1n) is 9.18. The van der Waals surface area contributed by atoms with Gasteiger partial charge < -0.3 is 10.6 Å². The van der Waals surface area contributed by atoms with Crippen LogP contribution in [0.4, 0.5) is 11.4 Å². The Balaban J connectivity index is 1.93. The van der Waals surface area contributed by atoms with E-state index in [1.54, 1.807) is 48.5 Å². The average molecular weight is 378 g/mol. The lowest BCUT2D eigenvalue weighted by Gasteiger charge is -2.11. The maximum atomic E-state index is 12.9. The number of nitrogens with one attached hydrogen (secondary N) is 2. The third-order valence-corrected chi connectivity index (χ3v) is 4.27. The lowest BCUT2D eigenvalue weighted by molar-refractivity contribution is -0.114. The van der Waals surface area contributed by atoms with Crippen molar-refractivity contribution in [3.63, 3.8) is 0 Å². The number of unbranched alkanes of at least 4 members (excludes halogenated alkanes) is 1. The van der Waals surface area contributed by atoms with Gasteiger partial charge in [0, 0.05) is 30.2 Å². The van der Waals surface area contributed by atoms with E-state index in [-0.39, 0.29) is 17.2 Å². The van der Waals surface area contributed by atoms with E-state index >= 15 is 0 Å². The Labute approximate surface area is 162 Å². The van der Waals surface area contributed by atoms with Crippen molar-refractivity contribution < 1.29 is 9.59 Å². The minimum absolute atomic E-state index is 0.165.